The van der Waals surface area contributed by atoms with Gasteiger partial charge in [0, 0.05) is 0 Å². The van der Waals surface area contributed by atoms with Crippen LogP contribution in [0.2, 0.25) is 0 Å². The van der Waals surface area contributed by atoms with Gasteiger partial charge in [0.25, 0.3) is 0 Å². The Morgan fingerprint density at radius 2 is 1.08 bits per heavy atom. The Hall–Kier alpha value is 2.10. The van der Waals surface area contributed by atoms with Crippen molar-refractivity contribution < 1.29 is 33.8 Å². The second-order valence-electron chi connectivity index (χ2n) is 1.43. The van der Waals surface area contributed by atoms with Crippen molar-refractivity contribution in [2.45, 2.75) is 5.59 Å². The standard InChI is InChI=1S/CH6O7P2.2Pb/c2-1(9(3,4)5)10(6,7)8;;/h1-2H,(H2,3,4,5)(H2,6,7,8);;/q;2*+2/p-4. The molecule has 0 amide bonds. The van der Waals surface area contributed by atoms with Gasteiger partial charge in [0.1, 0.15) is 5.59 Å². The summed E-state index contributed by atoms with van der Waals surface area (Å²) < 4.78 is 19.3. The maximum atomic E-state index is 9.63. The van der Waals surface area contributed by atoms with E-state index < -0.39 is 20.8 Å². The molecule has 0 rings (SSSR count). The van der Waals surface area contributed by atoms with Crippen LogP contribution in [0.3, 0.4) is 0 Å². The van der Waals surface area contributed by atoms with Gasteiger partial charge in [0.2, 0.25) is 0 Å². The van der Waals surface area contributed by atoms with Gasteiger partial charge in [-0.15, -0.1) is 0 Å². The molecule has 0 spiro atoms. The van der Waals surface area contributed by atoms with Crippen LogP contribution in [0.15, 0.2) is 0 Å². The molecule has 0 unspecified atom stereocenters. The molecule has 0 aliphatic rings. The first kappa shape index (κ1) is 19.6. The number of hydrogen-bond donors (Lipinski definition) is 1. The fourth-order valence-electron chi connectivity index (χ4n) is 0.173. The zero-order valence-corrected chi connectivity index (χ0v) is 14.9. The van der Waals surface area contributed by atoms with E-state index in [9.17, 15) is 28.7 Å². The van der Waals surface area contributed by atoms with Crippen molar-refractivity contribution in [2.75, 3.05) is 0 Å². The van der Waals surface area contributed by atoms with Crippen LogP contribution in [0, 0.1) is 0 Å². The van der Waals surface area contributed by atoms with Crippen LogP contribution in [-0.2, 0) is 9.13 Å². The minimum absolute atomic E-state index is 0. The Morgan fingerprint density at radius 3 is 1.08 bits per heavy atom. The summed E-state index contributed by atoms with van der Waals surface area (Å²) in [5.74, 6) is 0. The summed E-state index contributed by atoms with van der Waals surface area (Å²) in [6.45, 7) is 0. The maximum Gasteiger partial charge on any atom is 2.00 e. The first-order valence-corrected chi connectivity index (χ1v) is 5.09. The molecule has 4 radical (unpaired) electrons. The number of hydrogen-bond acceptors (Lipinski definition) is 7. The number of aliphatic hydroxyl groups is 1. The quantitative estimate of drug-likeness (QED) is 0.247. The first-order valence-electron chi connectivity index (χ1n) is 1.87. The molecule has 0 aliphatic heterocycles. The monoisotopic (exact) mass is 604 g/mol. The van der Waals surface area contributed by atoms with E-state index >= 15 is 0 Å². The molecule has 0 heterocycles. The molecule has 0 aliphatic carbocycles. The SMILES string of the molecule is O=P([O-])([O-])C(O)P(=O)([O-])[O-].[Pb+2].[Pb+2]. The molecule has 0 atom stereocenters. The molecule has 1 N–H and O–H groups in total. The molecule has 7 nitrogen and oxygen atoms in total. The van der Waals surface area contributed by atoms with Gasteiger partial charge in [-0.25, -0.2) is 0 Å². The molecule has 12 heavy (non-hydrogen) atoms. The molecular formula is CH2O7P2Pb2. The first-order chi connectivity index (χ1) is 4.15. The van der Waals surface area contributed by atoms with Gasteiger partial charge in [0.05, 0.1) is 0 Å². The number of rotatable bonds is 2. The minimum Gasteiger partial charge on any atom is -0.809 e. The number of aliphatic hydroxyl groups excluding tert-OH is 1. The van der Waals surface area contributed by atoms with Crippen LogP contribution in [0.1, 0.15) is 0 Å². The summed E-state index contributed by atoms with van der Waals surface area (Å²) in [5, 5.41) is 7.95. The van der Waals surface area contributed by atoms with Crippen molar-refractivity contribution >= 4 is 69.8 Å². The molecule has 0 bridgehead atoms. The van der Waals surface area contributed by atoms with Gasteiger partial charge < -0.3 is 33.8 Å². The molecule has 0 fully saturated rings. The molecule has 11 heteroatoms. The average molecular weight is 602 g/mol. The van der Waals surface area contributed by atoms with Crippen molar-refractivity contribution in [3.05, 3.63) is 0 Å². The van der Waals surface area contributed by atoms with Gasteiger partial charge in [0.15, 0.2) is 0 Å². The smallest absolute Gasteiger partial charge is 0.809 e. The fraction of sp³-hybridized carbons (Fsp3) is 1.00. The van der Waals surface area contributed by atoms with Crippen molar-refractivity contribution in [1.82, 2.24) is 0 Å². The predicted octanol–water partition coefficient (Wildman–Crippen LogP) is -4.67. The molecule has 0 saturated carbocycles. The van der Waals surface area contributed by atoms with Crippen LogP contribution in [0.25, 0.3) is 0 Å². The zero-order valence-electron chi connectivity index (χ0n) is 5.37. The van der Waals surface area contributed by atoms with Crippen molar-refractivity contribution in [3.63, 3.8) is 0 Å². The molecule has 0 aromatic carbocycles. The largest absolute Gasteiger partial charge is 2.00 e. The summed E-state index contributed by atoms with van der Waals surface area (Å²) in [5.41, 5.74) is -3.35. The van der Waals surface area contributed by atoms with E-state index in [-0.39, 0.29) is 54.6 Å². The summed E-state index contributed by atoms with van der Waals surface area (Å²) in [4.78, 5) is 38.5. The van der Waals surface area contributed by atoms with Crippen LogP contribution >= 0.6 is 15.2 Å². The summed E-state index contributed by atoms with van der Waals surface area (Å²) >= 11 is 0. The van der Waals surface area contributed by atoms with Gasteiger partial charge in [-0.2, -0.15) is 0 Å². The summed E-state index contributed by atoms with van der Waals surface area (Å²) in [7, 11) is -11.4. The maximum absolute atomic E-state index is 9.63. The average Bonchev–Trinajstić information content (AvgIpc) is 1.59. The second-order valence-corrected chi connectivity index (χ2v) is 4.97. The summed E-state index contributed by atoms with van der Waals surface area (Å²) in [6.07, 6.45) is 0. The molecule has 0 aromatic rings. The van der Waals surface area contributed by atoms with E-state index in [1.165, 1.54) is 0 Å². The van der Waals surface area contributed by atoms with E-state index in [1.807, 2.05) is 0 Å². The van der Waals surface area contributed by atoms with Crippen LogP contribution in [0.5, 0.6) is 0 Å². The van der Waals surface area contributed by atoms with E-state index in [1.54, 1.807) is 0 Å². The van der Waals surface area contributed by atoms with Crippen LogP contribution in [-0.4, -0.2) is 65.3 Å². The minimum atomic E-state index is -5.71. The Labute approximate surface area is 108 Å². The van der Waals surface area contributed by atoms with Gasteiger partial charge in [-0.05, 0) is 15.2 Å². The topological polar surface area (TPSA) is 147 Å². The fourth-order valence-corrected chi connectivity index (χ4v) is 1.56. The van der Waals surface area contributed by atoms with Gasteiger partial charge in [-0.3, -0.25) is 0 Å². The molecule has 66 valence electrons. The molecule has 0 aromatic heterocycles. The Bertz CT molecular complexity index is 181. The van der Waals surface area contributed by atoms with Crippen LogP contribution in [0.4, 0.5) is 0 Å². The third-order valence-corrected chi connectivity index (χ3v) is 3.39. The van der Waals surface area contributed by atoms with Crippen molar-refractivity contribution in [1.29, 1.82) is 0 Å². The van der Waals surface area contributed by atoms with E-state index in [2.05, 4.69) is 0 Å². The Kier molecular flexibility index (Phi) is 10.7. The van der Waals surface area contributed by atoms with E-state index in [4.69, 9.17) is 5.11 Å². The predicted molar refractivity (Wildman–Crippen MR) is 32.7 cm³/mol. The van der Waals surface area contributed by atoms with Gasteiger partial charge in [-0.1, -0.05) is 0 Å². The van der Waals surface area contributed by atoms with Crippen molar-refractivity contribution in [2.24, 2.45) is 0 Å². The molecular weight excluding hydrogens is 600 g/mol. The van der Waals surface area contributed by atoms with Gasteiger partial charge >= 0.3 is 54.6 Å². The van der Waals surface area contributed by atoms with E-state index in [0.29, 0.717) is 0 Å². The van der Waals surface area contributed by atoms with E-state index in [0.717, 1.165) is 0 Å². The second kappa shape index (κ2) is 6.56. The zero-order chi connectivity index (χ0) is 8.58. The third-order valence-electron chi connectivity index (χ3n) is 0.566. The van der Waals surface area contributed by atoms with Crippen molar-refractivity contribution in [3.8, 4) is 0 Å². The molecule has 0 saturated heterocycles. The third kappa shape index (κ3) is 7.50. The normalized spacial score (nSPS) is 11.8. The Balaban J connectivity index is -0.000000405. The Morgan fingerprint density at radius 1 is 0.917 bits per heavy atom. The summed E-state index contributed by atoms with van der Waals surface area (Å²) in [6, 6.07) is 0. The van der Waals surface area contributed by atoms with Crippen LogP contribution < -0.4 is 19.6 Å².